The summed E-state index contributed by atoms with van der Waals surface area (Å²) in [5.41, 5.74) is 1.12. The summed E-state index contributed by atoms with van der Waals surface area (Å²) >= 11 is 1.67. The van der Waals surface area contributed by atoms with Gasteiger partial charge in [-0.2, -0.15) is 0 Å². The first-order valence-corrected chi connectivity index (χ1v) is 8.60. The van der Waals surface area contributed by atoms with Crippen molar-refractivity contribution >= 4 is 22.6 Å². The van der Waals surface area contributed by atoms with Crippen LogP contribution in [0.4, 0.5) is 8.78 Å². The number of hydrogen-bond acceptors (Lipinski definition) is 2. The molecule has 118 valence electrons. The molecule has 0 aliphatic carbocycles. The molecular weight excluding hydrogens is 304 g/mol. The van der Waals surface area contributed by atoms with Crippen LogP contribution in [0.1, 0.15) is 24.8 Å². The molecule has 1 saturated heterocycles. The van der Waals surface area contributed by atoms with E-state index in [9.17, 15) is 13.6 Å². The fourth-order valence-electron chi connectivity index (χ4n) is 2.90. The molecule has 0 radical (unpaired) electrons. The highest BCUT2D eigenvalue weighted by Gasteiger charge is 2.35. The Morgan fingerprint density at radius 3 is 2.73 bits per heavy atom. The molecule has 2 heterocycles. The predicted molar refractivity (Wildman–Crippen MR) is 85.7 cm³/mol. The first-order valence-electron chi connectivity index (χ1n) is 7.62. The Morgan fingerprint density at radius 2 is 1.95 bits per heavy atom. The van der Waals surface area contributed by atoms with E-state index in [1.165, 1.54) is 0 Å². The van der Waals surface area contributed by atoms with Gasteiger partial charge in [0.15, 0.2) is 0 Å². The molecule has 2 aliphatic rings. The minimum Gasteiger partial charge on any atom is -0.342 e. The molecule has 3 rings (SSSR count). The van der Waals surface area contributed by atoms with Crippen molar-refractivity contribution in [2.75, 3.05) is 18.8 Å². The van der Waals surface area contributed by atoms with E-state index in [0.29, 0.717) is 18.7 Å². The lowest BCUT2D eigenvalue weighted by molar-refractivity contribution is -0.133. The second-order valence-corrected chi connectivity index (χ2v) is 6.91. The first-order chi connectivity index (χ1) is 10.6. The van der Waals surface area contributed by atoms with Gasteiger partial charge < -0.3 is 4.90 Å². The molecule has 0 spiro atoms. The topological polar surface area (TPSA) is 20.3 Å². The Kier molecular flexibility index (Phi) is 4.52. The Bertz CT molecular complexity index is 573. The number of alkyl halides is 2. The van der Waals surface area contributed by atoms with E-state index < -0.39 is 5.92 Å². The number of likely N-dealkylation sites (tertiary alicyclic amines) is 1. The lowest BCUT2D eigenvalue weighted by atomic mass is 10.1. The molecule has 5 heteroatoms. The largest absolute Gasteiger partial charge is 0.342 e. The number of rotatable bonds is 2. The van der Waals surface area contributed by atoms with Crippen LogP contribution in [0.15, 0.2) is 36.4 Å². The van der Waals surface area contributed by atoms with Crippen molar-refractivity contribution in [3.8, 4) is 0 Å². The van der Waals surface area contributed by atoms with Gasteiger partial charge in [-0.05, 0) is 12.0 Å². The number of carbonyl (C=O) groups is 1. The molecule has 2 nitrogen and oxygen atoms in total. The summed E-state index contributed by atoms with van der Waals surface area (Å²) in [6, 6.07) is 9.96. The van der Waals surface area contributed by atoms with Crippen LogP contribution in [-0.4, -0.2) is 35.6 Å². The highest BCUT2D eigenvalue weighted by atomic mass is 32.2. The number of nitrogens with zero attached hydrogens (tertiary/aromatic N) is 1. The molecule has 1 amide bonds. The number of hydrogen-bond donors (Lipinski definition) is 0. The quantitative estimate of drug-likeness (QED) is 0.819. The SMILES string of the molecule is O=C(C1C=C(c2ccccc2)SC1)N1CCCC(F)(F)CC1. The van der Waals surface area contributed by atoms with E-state index in [0.717, 1.165) is 10.5 Å². The lowest BCUT2D eigenvalue weighted by Gasteiger charge is -2.23. The highest BCUT2D eigenvalue weighted by molar-refractivity contribution is 8.08. The van der Waals surface area contributed by atoms with Crippen molar-refractivity contribution in [3.05, 3.63) is 42.0 Å². The van der Waals surface area contributed by atoms with Crippen LogP contribution < -0.4 is 0 Å². The zero-order chi connectivity index (χ0) is 15.6. The Hall–Kier alpha value is -1.36. The van der Waals surface area contributed by atoms with E-state index in [-0.39, 0.29) is 31.2 Å². The van der Waals surface area contributed by atoms with Gasteiger partial charge in [-0.15, -0.1) is 11.8 Å². The molecule has 1 aromatic rings. The summed E-state index contributed by atoms with van der Waals surface area (Å²) in [5.74, 6) is -2.11. The first kappa shape index (κ1) is 15.5. The molecule has 2 aliphatic heterocycles. The molecule has 0 bridgehead atoms. The van der Waals surface area contributed by atoms with Crippen molar-refractivity contribution in [1.82, 2.24) is 4.90 Å². The maximum atomic E-state index is 13.4. The van der Waals surface area contributed by atoms with Crippen LogP contribution >= 0.6 is 11.8 Å². The minimum atomic E-state index is -2.62. The van der Waals surface area contributed by atoms with Crippen molar-refractivity contribution in [1.29, 1.82) is 0 Å². The standard InChI is InChI=1S/C17H19F2NOS/c18-17(19)7-4-9-20(10-8-17)16(21)14-11-15(22-12-14)13-5-2-1-3-6-13/h1-3,5-6,11,14H,4,7-10,12H2. The summed E-state index contributed by atoms with van der Waals surface area (Å²) in [5, 5.41) is 0. The number of halogens is 2. The number of carbonyl (C=O) groups excluding carboxylic acids is 1. The van der Waals surface area contributed by atoms with E-state index in [1.807, 2.05) is 36.4 Å². The van der Waals surface area contributed by atoms with Crippen molar-refractivity contribution < 1.29 is 13.6 Å². The highest BCUT2D eigenvalue weighted by Crippen LogP contribution is 2.38. The average molecular weight is 323 g/mol. The second kappa shape index (κ2) is 6.41. The molecule has 0 saturated carbocycles. The molecule has 1 fully saturated rings. The van der Waals surface area contributed by atoms with Crippen molar-refractivity contribution in [3.63, 3.8) is 0 Å². The lowest BCUT2D eigenvalue weighted by Crippen LogP contribution is -2.37. The predicted octanol–water partition coefficient (Wildman–Crippen LogP) is 4.04. The van der Waals surface area contributed by atoms with Crippen molar-refractivity contribution in [2.24, 2.45) is 5.92 Å². The van der Waals surface area contributed by atoms with Crippen LogP contribution in [0, 0.1) is 5.92 Å². The van der Waals surface area contributed by atoms with Gasteiger partial charge >= 0.3 is 0 Å². The van der Waals surface area contributed by atoms with Crippen molar-refractivity contribution in [2.45, 2.75) is 25.2 Å². The molecule has 1 aromatic carbocycles. The second-order valence-electron chi connectivity index (χ2n) is 5.85. The van der Waals surface area contributed by atoms with Gasteiger partial charge in [-0.25, -0.2) is 8.78 Å². The summed E-state index contributed by atoms with van der Waals surface area (Å²) in [4.78, 5) is 15.3. The van der Waals surface area contributed by atoms with Gasteiger partial charge in [0.25, 0.3) is 0 Å². The smallest absolute Gasteiger partial charge is 0.249 e. The van der Waals surface area contributed by atoms with Gasteiger partial charge in [0, 0.05) is 36.6 Å². The van der Waals surface area contributed by atoms with Crippen LogP contribution in [-0.2, 0) is 4.79 Å². The van der Waals surface area contributed by atoms with E-state index in [1.54, 1.807) is 16.7 Å². The molecular formula is C17H19F2NOS. The van der Waals surface area contributed by atoms with E-state index >= 15 is 0 Å². The molecule has 1 unspecified atom stereocenters. The summed E-state index contributed by atoms with van der Waals surface area (Å²) in [7, 11) is 0. The maximum absolute atomic E-state index is 13.4. The Labute approximate surface area is 133 Å². The molecule has 22 heavy (non-hydrogen) atoms. The Morgan fingerprint density at radius 1 is 1.18 bits per heavy atom. The zero-order valence-electron chi connectivity index (χ0n) is 12.3. The summed E-state index contributed by atoms with van der Waals surface area (Å²) in [6.45, 7) is 0.617. The third-order valence-corrected chi connectivity index (χ3v) is 5.38. The van der Waals surface area contributed by atoms with Gasteiger partial charge in [-0.1, -0.05) is 36.4 Å². The average Bonchev–Trinajstić information content (AvgIpc) is 2.93. The van der Waals surface area contributed by atoms with Crippen LogP contribution in [0.3, 0.4) is 0 Å². The van der Waals surface area contributed by atoms with Gasteiger partial charge in [0.1, 0.15) is 0 Å². The summed E-state index contributed by atoms with van der Waals surface area (Å²) < 4.78 is 26.8. The normalized spacial score (nSPS) is 24.7. The maximum Gasteiger partial charge on any atom is 0.249 e. The van der Waals surface area contributed by atoms with Crippen LogP contribution in [0.2, 0.25) is 0 Å². The third-order valence-electron chi connectivity index (χ3n) is 4.18. The fourth-order valence-corrected chi connectivity index (χ4v) is 4.06. The molecule has 1 atom stereocenters. The van der Waals surface area contributed by atoms with Gasteiger partial charge in [-0.3, -0.25) is 4.79 Å². The number of thioether (sulfide) groups is 1. The van der Waals surface area contributed by atoms with Crippen LogP contribution in [0.5, 0.6) is 0 Å². The molecule has 0 aromatic heterocycles. The van der Waals surface area contributed by atoms with Gasteiger partial charge in [0.2, 0.25) is 11.8 Å². The van der Waals surface area contributed by atoms with E-state index in [2.05, 4.69) is 0 Å². The fraction of sp³-hybridized carbons (Fsp3) is 0.471. The monoisotopic (exact) mass is 323 g/mol. The van der Waals surface area contributed by atoms with Gasteiger partial charge in [0.05, 0.1) is 5.92 Å². The van der Waals surface area contributed by atoms with E-state index in [4.69, 9.17) is 0 Å². The number of amides is 1. The molecule has 0 N–H and O–H groups in total. The Balaban J connectivity index is 1.67. The summed E-state index contributed by atoms with van der Waals surface area (Å²) in [6.07, 6.45) is 2.05. The number of benzene rings is 1. The minimum absolute atomic E-state index is 0.00358. The zero-order valence-corrected chi connectivity index (χ0v) is 13.1. The van der Waals surface area contributed by atoms with Crippen LogP contribution in [0.25, 0.3) is 4.91 Å². The third kappa shape index (κ3) is 3.51.